The lowest BCUT2D eigenvalue weighted by Gasteiger charge is -2.32. The van der Waals surface area contributed by atoms with Crippen LogP contribution in [0.25, 0.3) is 5.78 Å². The number of rotatable bonds is 1. The SMILES string of the molecule is Cc1cc(N2CCC[C@H](N)C2)n2ncnc2n1. The summed E-state index contributed by atoms with van der Waals surface area (Å²) in [7, 11) is 0. The second-order valence-corrected chi connectivity index (χ2v) is 4.58. The second kappa shape index (κ2) is 3.96. The Hall–Kier alpha value is -1.69. The van der Waals surface area contributed by atoms with Crippen LogP contribution in [0.4, 0.5) is 5.82 Å². The summed E-state index contributed by atoms with van der Waals surface area (Å²) in [5.41, 5.74) is 6.98. The van der Waals surface area contributed by atoms with Crippen LogP contribution in [-0.4, -0.2) is 38.7 Å². The molecule has 1 saturated heterocycles. The first-order valence-corrected chi connectivity index (χ1v) is 5.92. The lowest BCUT2D eigenvalue weighted by Crippen LogP contribution is -2.43. The van der Waals surface area contributed by atoms with Crippen molar-refractivity contribution in [2.45, 2.75) is 25.8 Å². The highest BCUT2D eigenvalue weighted by Gasteiger charge is 2.20. The van der Waals surface area contributed by atoms with Gasteiger partial charge in [-0.15, -0.1) is 0 Å². The molecule has 6 heteroatoms. The summed E-state index contributed by atoms with van der Waals surface area (Å²) in [5.74, 6) is 1.69. The fourth-order valence-electron chi connectivity index (χ4n) is 2.35. The molecule has 17 heavy (non-hydrogen) atoms. The molecular weight excluding hydrogens is 216 g/mol. The standard InChI is InChI=1S/C11H16N6/c1-8-5-10(16-4-2-3-9(12)6-16)17-11(15-8)13-7-14-17/h5,7,9H,2-4,6,12H2,1H3/t9-/m0/s1. The number of anilines is 1. The second-order valence-electron chi connectivity index (χ2n) is 4.58. The van der Waals surface area contributed by atoms with Crippen molar-refractivity contribution in [3.8, 4) is 0 Å². The first kappa shape index (κ1) is 10.5. The van der Waals surface area contributed by atoms with Crippen molar-refractivity contribution in [1.82, 2.24) is 19.6 Å². The van der Waals surface area contributed by atoms with E-state index in [1.807, 2.05) is 13.0 Å². The minimum Gasteiger partial charge on any atom is -0.355 e. The molecule has 0 spiro atoms. The Kier molecular flexibility index (Phi) is 2.44. The Morgan fingerprint density at radius 2 is 2.35 bits per heavy atom. The van der Waals surface area contributed by atoms with Gasteiger partial charge in [-0.1, -0.05) is 0 Å². The monoisotopic (exact) mass is 232 g/mol. The molecule has 0 saturated carbocycles. The predicted octanol–water partition coefficient (Wildman–Crippen LogP) is 0.360. The van der Waals surface area contributed by atoms with E-state index in [0.717, 1.165) is 37.4 Å². The van der Waals surface area contributed by atoms with E-state index in [1.165, 1.54) is 6.33 Å². The van der Waals surface area contributed by atoms with Gasteiger partial charge in [-0.05, 0) is 19.8 Å². The summed E-state index contributed by atoms with van der Waals surface area (Å²) in [4.78, 5) is 10.7. The van der Waals surface area contributed by atoms with Crippen molar-refractivity contribution in [3.63, 3.8) is 0 Å². The molecule has 0 radical (unpaired) electrons. The van der Waals surface area contributed by atoms with Gasteiger partial charge in [-0.3, -0.25) is 0 Å². The van der Waals surface area contributed by atoms with Gasteiger partial charge in [-0.25, -0.2) is 4.98 Å². The van der Waals surface area contributed by atoms with Gasteiger partial charge in [0.2, 0.25) is 0 Å². The highest BCUT2D eigenvalue weighted by Crippen LogP contribution is 2.20. The van der Waals surface area contributed by atoms with Gasteiger partial charge in [0, 0.05) is 30.9 Å². The third-order valence-electron chi connectivity index (χ3n) is 3.14. The molecular formula is C11H16N6. The number of piperidine rings is 1. The molecule has 3 heterocycles. The maximum Gasteiger partial charge on any atom is 0.254 e. The summed E-state index contributed by atoms with van der Waals surface area (Å²) in [5, 5.41) is 4.22. The molecule has 2 aromatic rings. The van der Waals surface area contributed by atoms with Crippen LogP contribution in [0.1, 0.15) is 18.5 Å². The number of aromatic nitrogens is 4. The van der Waals surface area contributed by atoms with Crippen LogP contribution in [0, 0.1) is 6.92 Å². The van der Waals surface area contributed by atoms with Crippen LogP contribution in [0.2, 0.25) is 0 Å². The normalized spacial score (nSPS) is 21.1. The van der Waals surface area contributed by atoms with Crippen molar-refractivity contribution in [2.75, 3.05) is 18.0 Å². The molecule has 6 nitrogen and oxygen atoms in total. The summed E-state index contributed by atoms with van der Waals surface area (Å²) >= 11 is 0. The van der Waals surface area contributed by atoms with Gasteiger partial charge >= 0.3 is 0 Å². The molecule has 0 bridgehead atoms. The number of fused-ring (bicyclic) bond motifs is 1. The van der Waals surface area contributed by atoms with Crippen molar-refractivity contribution in [3.05, 3.63) is 18.1 Å². The first-order chi connectivity index (χ1) is 8.24. The lowest BCUT2D eigenvalue weighted by atomic mass is 10.1. The van der Waals surface area contributed by atoms with Crippen LogP contribution in [0.15, 0.2) is 12.4 Å². The highest BCUT2D eigenvalue weighted by molar-refractivity contribution is 5.47. The molecule has 0 unspecified atom stereocenters. The third kappa shape index (κ3) is 1.84. The summed E-state index contributed by atoms with van der Waals surface area (Å²) in [6, 6.07) is 2.29. The van der Waals surface area contributed by atoms with Gasteiger partial charge in [0.25, 0.3) is 5.78 Å². The molecule has 1 atom stereocenters. The van der Waals surface area contributed by atoms with Crippen LogP contribution < -0.4 is 10.6 Å². The molecule has 2 aromatic heterocycles. The van der Waals surface area contributed by atoms with Crippen molar-refractivity contribution >= 4 is 11.6 Å². The fourth-order valence-corrected chi connectivity index (χ4v) is 2.35. The molecule has 3 rings (SSSR count). The van der Waals surface area contributed by atoms with Crippen molar-refractivity contribution in [1.29, 1.82) is 0 Å². The van der Waals surface area contributed by atoms with Crippen LogP contribution >= 0.6 is 0 Å². The summed E-state index contributed by atoms with van der Waals surface area (Å²) in [6.45, 7) is 3.87. The van der Waals surface area contributed by atoms with Crippen LogP contribution in [0.5, 0.6) is 0 Å². The van der Waals surface area contributed by atoms with Gasteiger partial charge in [0.15, 0.2) is 0 Å². The maximum absolute atomic E-state index is 6.02. The number of nitrogens with two attached hydrogens (primary N) is 1. The molecule has 1 fully saturated rings. The predicted molar refractivity (Wildman–Crippen MR) is 64.9 cm³/mol. The van der Waals surface area contributed by atoms with E-state index in [1.54, 1.807) is 4.52 Å². The van der Waals surface area contributed by atoms with Gasteiger partial charge in [0.05, 0.1) is 0 Å². The zero-order chi connectivity index (χ0) is 11.8. The van der Waals surface area contributed by atoms with Crippen LogP contribution in [0.3, 0.4) is 0 Å². The van der Waals surface area contributed by atoms with E-state index in [9.17, 15) is 0 Å². The third-order valence-corrected chi connectivity index (χ3v) is 3.14. The fraction of sp³-hybridized carbons (Fsp3) is 0.545. The minimum atomic E-state index is 0.246. The number of aryl methyl sites for hydroxylation is 1. The molecule has 1 aliphatic heterocycles. The van der Waals surface area contributed by atoms with E-state index >= 15 is 0 Å². The van der Waals surface area contributed by atoms with Gasteiger partial charge in [0.1, 0.15) is 12.1 Å². The summed E-state index contributed by atoms with van der Waals surface area (Å²) < 4.78 is 1.78. The lowest BCUT2D eigenvalue weighted by molar-refractivity contribution is 0.500. The first-order valence-electron chi connectivity index (χ1n) is 5.92. The molecule has 90 valence electrons. The largest absolute Gasteiger partial charge is 0.355 e. The average molecular weight is 232 g/mol. The van der Waals surface area contributed by atoms with E-state index in [4.69, 9.17) is 5.73 Å². The van der Waals surface area contributed by atoms with E-state index < -0.39 is 0 Å². The quantitative estimate of drug-likeness (QED) is 0.768. The molecule has 1 aliphatic rings. The smallest absolute Gasteiger partial charge is 0.254 e. The molecule has 0 aliphatic carbocycles. The Morgan fingerprint density at radius 1 is 1.47 bits per heavy atom. The number of nitrogens with zero attached hydrogens (tertiary/aromatic N) is 5. The van der Waals surface area contributed by atoms with Gasteiger partial charge in [-0.2, -0.15) is 14.6 Å². The van der Waals surface area contributed by atoms with E-state index in [2.05, 4.69) is 20.0 Å². The summed E-state index contributed by atoms with van der Waals surface area (Å²) in [6.07, 6.45) is 3.76. The van der Waals surface area contributed by atoms with E-state index in [-0.39, 0.29) is 6.04 Å². The van der Waals surface area contributed by atoms with Crippen molar-refractivity contribution < 1.29 is 0 Å². The van der Waals surface area contributed by atoms with Crippen molar-refractivity contribution in [2.24, 2.45) is 5.73 Å². The zero-order valence-electron chi connectivity index (χ0n) is 9.87. The Morgan fingerprint density at radius 3 is 3.18 bits per heavy atom. The van der Waals surface area contributed by atoms with Crippen LogP contribution in [-0.2, 0) is 0 Å². The maximum atomic E-state index is 6.02. The van der Waals surface area contributed by atoms with Gasteiger partial charge < -0.3 is 10.6 Å². The zero-order valence-corrected chi connectivity index (χ0v) is 9.87. The molecule has 0 amide bonds. The Bertz CT molecular complexity index is 534. The molecule has 2 N–H and O–H groups in total. The number of hydrogen-bond acceptors (Lipinski definition) is 5. The molecule has 0 aromatic carbocycles. The highest BCUT2D eigenvalue weighted by atomic mass is 15.4. The Labute approximate surface area is 99.5 Å². The Balaban J connectivity index is 2.06. The topological polar surface area (TPSA) is 72.3 Å². The van der Waals surface area contributed by atoms with E-state index in [0.29, 0.717) is 5.78 Å². The number of hydrogen-bond donors (Lipinski definition) is 1. The minimum absolute atomic E-state index is 0.246. The average Bonchev–Trinajstić information content (AvgIpc) is 2.75.